The molecule has 16 nitrogen and oxygen atoms in total. The van der Waals surface area contributed by atoms with Crippen molar-refractivity contribution in [2.45, 2.75) is 106 Å². The van der Waals surface area contributed by atoms with Crippen LogP contribution in [0.3, 0.4) is 0 Å². The van der Waals surface area contributed by atoms with Crippen LogP contribution in [0.5, 0.6) is 0 Å². The summed E-state index contributed by atoms with van der Waals surface area (Å²) in [6, 6.07) is 2.65. The molecule has 2 saturated heterocycles. The molecule has 3 atom stereocenters. The number of ether oxygens (including phenoxy) is 1. The number of aromatic nitrogens is 3. The van der Waals surface area contributed by atoms with Crippen LogP contribution in [0.4, 0.5) is 0 Å². The number of likely N-dealkylation sites (tertiary alicyclic amines) is 1. The predicted molar refractivity (Wildman–Crippen MR) is 199 cm³/mol. The Labute approximate surface area is 319 Å². The molecule has 296 valence electrons. The second kappa shape index (κ2) is 17.3. The fourth-order valence-corrected chi connectivity index (χ4v) is 10.0. The van der Waals surface area contributed by atoms with Gasteiger partial charge in [0, 0.05) is 25.6 Å². The molecule has 2 aromatic rings. The third-order valence-corrected chi connectivity index (χ3v) is 13.4. The van der Waals surface area contributed by atoms with Gasteiger partial charge in [-0.25, -0.2) is 13.1 Å². The first-order valence-electron chi connectivity index (χ1n) is 18.4. The predicted octanol–water partition coefficient (Wildman–Crippen LogP) is 1.27. The summed E-state index contributed by atoms with van der Waals surface area (Å²) in [6.07, 6.45) is 6.91. The molecule has 3 heterocycles. The monoisotopic (exact) mass is 789 g/mol. The lowest BCUT2D eigenvalue weighted by atomic mass is 9.84. The highest BCUT2D eigenvalue weighted by molar-refractivity contribution is 7.99. The Morgan fingerprint density at radius 2 is 1.76 bits per heavy atom. The zero-order valence-electron chi connectivity index (χ0n) is 31.0. The van der Waals surface area contributed by atoms with Gasteiger partial charge in [0.15, 0.2) is 9.84 Å². The van der Waals surface area contributed by atoms with Gasteiger partial charge in [0.2, 0.25) is 17.6 Å². The summed E-state index contributed by atoms with van der Waals surface area (Å²) in [4.78, 5) is 69.6. The lowest BCUT2D eigenvalue weighted by molar-refractivity contribution is -0.145. The normalized spacial score (nSPS) is 21.3. The van der Waals surface area contributed by atoms with Crippen molar-refractivity contribution in [2.24, 2.45) is 11.7 Å². The molecule has 18 heteroatoms. The van der Waals surface area contributed by atoms with E-state index in [4.69, 9.17) is 10.5 Å². The largest absolute Gasteiger partial charge is 0.384 e. The van der Waals surface area contributed by atoms with E-state index in [9.17, 15) is 37.5 Å². The highest BCUT2D eigenvalue weighted by Gasteiger charge is 2.49. The van der Waals surface area contributed by atoms with Crippen LogP contribution in [0.2, 0.25) is 0 Å². The molecule has 2 unspecified atom stereocenters. The minimum atomic E-state index is -3.64. The number of hydrogen-bond donors (Lipinski definition) is 4. The van der Waals surface area contributed by atoms with E-state index in [1.165, 1.54) is 47.2 Å². The smallest absolute Gasteiger partial charge is 0.287 e. The number of hydrogen-bond acceptors (Lipinski definition) is 12. The van der Waals surface area contributed by atoms with E-state index >= 15 is 0 Å². The van der Waals surface area contributed by atoms with E-state index < -0.39 is 68.5 Å². The van der Waals surface area contributed by atoms with Crippen molar-refractivity contribution in [3.05, 3.63) is 41.7 Å². The second-order valence-electron chi connectivity index (χ2n) is 15.0. The lowest BCUT2D eigenvalue weighted by Crippen LogP contribution is -2.63. The van der Waals surface area contributed by atoms with Crippen molar-refractivity contribution in [3.63, 3.8) is 0 Å². The molecule has 1 aromatic carbocycles. The molecule has 2 aliphatic heterocycles. The Kier molecular flexibility index (Phi) is 13.2. The number of carbonyl (C=O) groups excluding carboxylic acids is 5. The maximum atomic E-state index is 14.8. The molecule has 4 amide bonds. The summed E-state index contributed by atoms with van der Waals surface area (Å²) < 4.78 is 31.7. The number of amides is 4. The summed E-state index contributed by atoms with van der Waals surface area (Å²) in [5, 5.41) is 24.8. The fourth-order valence-electron chi connectivity index (χ4n) is 7.66. The van der Waals surface area contributed by atoms with Gasteiger partial charge in [-0.3, -0.25) is 24.0 Å². The van der Waals surface area contributed by atoms with E-state index in [1.54, 1.807) is 25.6 Å². The molecule has 1 aromatic heterocycles. The van der Waals surface area contributed by atoms with Crippen molar-refractivity contribution in [3.8, 4) is 0 Å². The van der Waals surface area contributed by atoms with Crippen LogP contribution >= 0.6 is 11.8 Å². The zero-order chi connectivity index (χ0) is 39.3. The van der Waals surface area contributed by atoms with E-state index in [1.807, 2.05) is 0 Å². The maximum Gasteiger partial charge on any atom is 0.287 e. The van der Waals surface area contributed by atoms with Crippen molar-refractivity contribution in [1.82, 2.24) is 30.5 Å². The van der Waals surface area contributed by atoms with Crippen LogP contribution in [0.15, 0.2) is 35.4 Å². The molecular weight excluding hydrogens is 739 g/mol. The van der Waals surface area contributed by atoms with Gasteiger partial charge in [-0.05, 0) is 74.8 Å². The van der Waals surface area contributed by atoms with Crippen LogP contribution < -0.4 is 16.4 Å². The second-order valence-corrected chi connectivity index (χ2v) is 18.3. The van der Waals surface area contributed by atoms with E-state index in [-0.39, 0.29) is 54.5 Å². The molecule has 3 aliphatic rings. The summed E-state index contributed by atoms with van der Waals surface area (Å²) in [5.41, 5.74) is 3.08. The fraction of sp³-hybridized carbons (Fsp3) is 0.639. The first-order valence-corrected chi connectivity index (χ1v) is 21.2. The molecule has 0 spiro atoms. The third kappa shape index (κ3) is 9.49. The van der Waals surface area contributed by atoms with Crippen molar-refractivity contribution in [1.29, 1.82) is 0 Å². The number of primary amides is 1. The van der Waals surface area contributed by atoms with Gasteiger partial charge in [-0.1, -0.05) is 37.3 Å². The standard InChI is InChI=1S/C36H51N7O9S2/c1-35(2,49)29-21-38-41-43(29)25-20-28(33(47)40-36(30(44)31(37)45)13-16-53-17-14-36)42(22-25)34(48)27(19-23-7-5-4-6-8-23)39-32(46)24-9-11-26(12-10-24)54(50,51)18-15-52-3/h9-12,21,23,25,27-28,49H,4-8,13-20,22H2,1-3H3,(H2,37,45)(H,39,46)(H,40,47)/t25?,27-,28?/m1/s1. The molecule has 54 heavy (non-hydrogen) atoms. The van der Waals surface area contributed by atoms with E-state index in [0.717, 1.165) is 32.1 Å². The van der Waals surface area contributed by atoms with Crippen LogP contribution in [-0.4, -0.2) is 118 Å². The Morgan fingerprint density at radius 3 is 2.37 bits per heavy atom. The SMILES string of the molecule is COCCS(=O)(=O)c1ccc(C(=O)N[C@H](CC2CCCCC2)C(=O)N2CC(n3nncc3C(C)(C)O)CC2C(=O)NC2(C(=O)C(N)=O)CCSCC2)cc1. The number of carbonyl (C=O) groups is 5. The lowest BCUT2D eigenvalue weighted by Gasteiger charge is -2.37. The number of ketones is 1. The van der Waals surface area contributed by atoms with Crippen LogP contribution in [0, 0.1) is 5.92 Å². The molecule has 1 aliphatic carbocycles. The Balaban J connectivity index is 1.47. The summed E-state index contributed by atoms with van der Waals surface area (Å²) in [5.74, 6) is -2.89. The number of sulfone groups is 1. The molecular formula is C36H51N7O9S2. The van der Waals surface area contributed by atoms with Crippen LogP contribution in [0.25, 0.3) is 0 Å². The number of methoxy groups -OCH3 is 1. The molecule has 3 fully saturated rings. The highest BCUT2D eigenvalue weighted by Crippen LogP contribution is 2.35. The maximum absolute atomic E-state index is 14.8. The van der Waals surface area contributed by atoms with Crippen molar-refractivity contribution in [2.75, 3.05) is 37.5 Å². The first kappa shape index (κ1) is 41.3. The average molecular weight is 790 g/mol. The summed E-state index contributed by atoms with van der Waals surface area (Å²) in [7, 11) is -2.23. The number of rotatable bonds is 15. The van der Waals surface area contributed by atoms with Gasteiger partial charge < -0.3 is 31.1 Å². The minimum Gasteiger partial charge on any atom is -0.384 e. The summed E-state index contributed by atoms with van der Waals surface area (Å²) in [6.45, 7) is 3.13. The minimum absolute atomic E-state index is 0.0173. The number of benzene rings is 1. The zero-order valence-corrected chi connectivity index (χ0v) is 32.6. The molecule has 0 bridgehead atoms. The van der Waals surface area contributed by atoms with Gasteiger partial charge in [-0.15, -0.1) is 5.10 Å². The van der Waals surface area contributed by atoms with Crippen LogP contribution in [-0.2, 0) is 39.4 Å². The van der Waals surface area contributed by atoms with Gasteiger partial charge in [0.05, 0.1) is 35.2 Å². The Bertz CT molecular complexity index is 1800. The van der Waals surface area contributed by atoms with Crippen molar-refractivity contribution < 1.29 is 42.2 Å². The number of nitrogens with one attached hydrogen (secondary N) is 2. The highest BCUT2D eigenvalue weighted by atomic mass is 32.2. The molecule has 5 rings (SSSR count). The first-order chi connectivity index (χ1) is 25.6. The number of thioether (sulfide) groups is 1. The van der Waals surface area contributed by atoms with Gasteiger partial charge in [0.1, 0.15) is 23.2 Å². The van der Waals surface area contributed by atoms with Gasteiger partial charge in [0.25, 0.3) is 11.8 Å². The number of aliphatic hydroxyl groups is 1. The number of nitrogens with two attached hydrogens (primary N) is 1. The average Bonchev–Trinajstić information content (AvgIpc) is 3.83. The number of Topliss-reactive ketones (excluding diaryl/α,β-unsaturated/α-hetero) is 1. The topological polar surface area (TPSA) is 233 Å². The van der Waals surface area contributed by atoms with Gasteiger partial charge in [-0.2, -0.15) is 11.8 Å². The molecule has 1 saturated carbocycles. The Hall–Kier alpha value is -3.87. The third-order valence-electron chi connectivity index (χ3n) is 10.7. The number of nitrogens with zero attached hydrogens (tertiary/aromatic N) is 4. The van der Waals surface area contributed by atoms with Crippen molar-refractivity contribution >= 4 is 51.0 Å². The van der Waals surface area contributed by atoms with Crippen LogP contribution in [0.1, 0.15) is 93.7 Å². The molecule has 0 radical (unpaired) electrons. The quantitative estimate of drug-likeness (QED) is 0.187. The van der Waals surface area contributed by atoms with Gasteiger partial charge >= 0.3 is 0 Å². The Morgan fingerprint density at radius 1 is 1.09 bits per heavy atom. The molecule has 5 N–H and O–H groups in total. The van der Waals surface area contributed by atoms with E-state index in [0.29, 0.717) is 23.6 Å². The summed E-state index contributed by atoms with van der Waals surface area (Å²) >= 11 is 1.59. The van der Waals surface area contributed by atoms with E-state index in [2.05, 4.69) is 20.9 Å².